The third-order valence-electron chi connectivity index (χ3n) is 4.14. The largest absolute Gasteiger partial charge is 0.354 e. The fraction of sp³-hybridized carbons (Fsp3) is 0.263. The van der Waals surface area contributed by atoms with Crippen molar-refractivity contribution in [3.63, 3.8) is 0 Å². The molecule has 2 heterocycles. The molecule has 0 fully saturated rings. The van der Waals surface area contributed by atoms with Crippen molar-refractivity contribution in [2.75, 3.05) is 19.6 Å². The number of fused-ring (bicyclic) bond motifs is 1. The Morgan fingerprint density at radius 2 is 1.59 bits per heavy atom. The van der Waals surface area contributed by atoms with Gasteiger partial charge < -0.3 is 10.6 Å². The number of carbonyl (C=O) groups excluding carboxylic acids is 4. The molecule has 4 amide bonds. The Morgan fingerprint density at radius 3 is 2.22 bits per heavy atom. The van der Waals surface area contributed by atoms with Crippen LogP contribution in [-0.4, -0.2) is 48.2 Å². The van der Waals surface area contributed by atoms with Gasteiger partial charge in [0.05, 0.1) is 16.0 Å². The standard InChI is InChI=1S/C19H19N3O4S/c23-16(20-9-10-21-17(24)15-7-4-12-27-15)8-3-11-22-18(25)13-5-1-2-6-14(13)19(22)26/h1-2,4-7,12H,3,8-11H2,(H,20,23)(H,21,24). The lowest BCUT2D eigenvalue weighted by molar-refractivity contribution is -0.121. The summed E-state index contributed by atoms with van der Waals surface area (Å²) in [4.78, 5) is 49.9. The SMILES string of the molecule is O=C(CCCN1C(=O)c2ccccc2C1=O)NCCNC(=O)c1cccs1. The topological polar surface area (TPSA) is 95.6 Å². The maximum absolute atomic E-state index is 12.2. The molecule has 2 N–H and O–H groups in total. The molecule has 8 heteroatoms. The number of nitrogens with one attached hydrogen (secondary N) is 2. The van der Waals surface area contributed by atoms with E-state index < -0.39 is 0 Å². The van der Waals surface area contributed by atoms with Crippen molar-refractivity contribution in [1.29, 1.82) is 0 Å². The van der Waals surface area contributed by atoms with Crippen molar-refractivity contribution in [3.8, 4) is 0 Å². The van der Waals surface area contributed by atoms with Crippen molar-refractivity contribution in [3.05, 3.63) is 57.8 Å². The summed E-state index contributed by atoms with van der Waals surface area (Å²) >= 11 is 1.36. The highest BCUT2D eigenvalue weighted by atomic mass is 32.1. The molecule has 1 aliphatic heterocycles. The Bertz CT molecular complexity index is 829. The Labute approximate surface area is 160 Å². The van der Waals surface area contributed by atoms with E-state index in [0.29, 0.717) is 35.5 Å². The van der Waals surface area contributed by atoms with E-state index in [4.69, 9.17) is 0 Å². The van der Waals surface area contributed by atoms with Crippen LogP contribution < -0.4 is 10.6 Å². The molecule has 7 nitrogen and oxygen atoms in total. The van der Waals surface area contributed by atoms with Gasteiger partial charge >= 0.3 is 0 Å². The quantitative estimate of drug-likeness (QED) is 0.534. The molecule has 0 atom stereocenters. The molecule has 0 saturated carbocycles. The molecule has 1 aliphatic rings. The molecule has 27 heavy (non-hydrogen) atoms. The zero-order valence-corrected chi connectivity index (χ0v) is 15.4. The Kier molecular flexibility index (Phi) is 5.97. The molecule has 1 aromatic carbocycles. The predicted molar refractivity (Wildman–Crippen MR) is 101 cm³/mol. The van der Waals surface area contributed by atoms with E-state index in [1.165, 1.54) is 16.2 Å². The van der Waals surface area contributed by atoms with Crippen LogP contribution in [0.25, 0.3) is 0 Å². The van der Waals surface area contributed by atoms with Crippen molar-refractivity contribution in [2.24, 2.45) is 0 Å². The van der Waals surface area contributed by atoms with Gasteiger partial charge in [-0.3, -0.25) is 24.1 Å². The van der Waals surface area contributed by atoms with E-state index in [9.17, 15) is 19.2 Å². The number of nitrogens with zero attached hydrogens (tertiary/aromatic N) is 1. The van der Waals surface area contributed by atoms with Gasteiger partial charge in [-0.2, -0.15) is 0 Å². The molecule has 0 radical (unpaired) electrons. The number of rotatable bonds is 8. The Hall–Kier alpha value is -3.00. The minimum absolute atomic E-state index is 0.162. The second kappa shape index (κ2) is 8.59. The highest BCUT2D eigenvalue weighted by molar-refractivity contribution is 7.12. The average Bonchev–Trinajstić information content (AvgIpc) is 3.29. The van der Waals surface area contributed by atoms with Gasteiger partial charge in [0, 0.05) is 26.1 Å². The van der Waals surface area contributed by atoms with Crippen LogP contribution in [-0.2, 0) is 4.79 Å². The minimum Gasteiger partial charge on any atom is -0.354 e. The first-order valence-corrected chi connectivity index (χ1v) is 9.49. The number of imide groups is 1. The van der Waals surface area contributed by atoms with Crippen LogP contribution >= 0.6 is 11.3 Å². The van der Waals surface area contributed by atoms with Crippen LogP contribution in [0, 0.1) is 0 Å². The Morgan fingerprint density at radius 1 is 0.926 bits per heavy atom. The number of benzene rings is 1. The smallest absolute Gasteiger partial charge is 0.261 e. The van der Waals surface area contributed by atoms with Crippen LogP contribution in [0.3, 0.4) is 0 Å². The Balaban J connectivity index is 1.34. The summed E-state index contributed by atoms with van der Waals surface area (Å²) in [7, 11) is 0. The third kappa shape index (κ3) is 4.40. The second-order valence-corrected chi connectivity index (χ2v) is 6.94. The molecule has 1 aromatic heterocycles. The maximum Gasteiger partial charge on any atom is 0.261 e. The van der Waals surface area contributed by atoms with Crippen molar-refractivity contribution < 1.29 is 19.2 Å². The van der Waals surface area contributed by atoms with Gasteiger partial charge in [0.2, 0.25) is 5.91 Å². The molecule has 140 valence electrons. The van der Waals surface area contributed by atoms with Crippen LogP contribution in [0.4, 0.5) is 0 Å². The zero-order valence-electron chi connectivity index (χ0n) is 14.6. The molecule has 2 aromatic rings. The molecule has 0 saturated heterocycles. The summed E-state index contributed by atoms with van der Waals surface area (Å²) < 4.78 is 0. The highest BCUT2D eigenvalue weighted by Crippen LogP contribution is 2.22. The lowest BCUT2D eigenvalue weighted by Gasteiger charge is -2.13. The van der Waals surface area contributed by atoms with E-state index >= 15 is 0 Å². The van der Waals surface area contributed by atoms with Crippen LogP contribution in [0.5, 0.6) is 0 Å². The van der Waals surface area contributed by atoms with E-state index in [-0.39, 0.29) is 36.6 Å². The number of hydrogen-bond donors (Lipinski definition) is 2. The highest BCUT2D eigenvalue weighted by Gasteiger charge is 2.34. The number of hydrogen-bond acceptors (Lipinski definition) is 5. The van der Waals surface area contributed by atoms with Gasteiger partial charge in [-0.1, -0.05) is 18.2 Å². The summed E-state index contributed by atoms with van der Waals surface area (Å²) in [6.45, 7) is 0.860. The number of thiophene rings is 1. The number of amides is 4. The van der Waals surface area contributed by atoms with Crippen LogP contribution in [0.15, 0.2) is 41.8 Å². The molecular weight excluding hydrogens is 366 g/mol. The summed E-state index contributed by atoms with van der Waals surface area (Å²) in [5, 5.41) is 7.26. The lowest BCUT2D eigenvalue weighted by atomic mass is 10.1. The fourth-order valence-corrected chi connectivity index (χ4v) is 3.44. The molecule has 0 aliphatic carbocycles. The summed E-state index contributed by atoms with van der Waals surface area (Å²) in [5.41, 5.74) is 0.821. The first kappa shape index (κ1) is 18.8. The molecule has 0 bridgehead atoms. The predicted octanol–water partition coefficient (Wildman–Crippen LogP) is 1.67. The van der Waals surface area contributed by atoms with E-state index in [2.05, 4.69) is 10.6 Å². The molecular formula is C19H19N3O4S. The summed E-state index contributed by atoms with van der Waals surface area (Å²) in [6, 6.07) is 10.2. The lowest BCUT2D eigenvalue weighted by Crippen LogP contribution is -2.35. The third-order valence-corrected chi connectivity index (χ3v) is 5.01. The maximum atomic E-state index is 12.2. The van der Waals surface area contributed by atoms with E-state index in [0.717, 1.165) is 0 Å². The molecule has 0 spiro atoms. The summed E-state index contributed by atoms with van der Waals surface area (Å²) in [5.74, 6) is -0.971. The van der Waals surface area contributed by atoms with E-state index in [1.54, 1.807) is 36.4 Å². The second-order valence-electron chi connectivity index (χ2n) is 5.99. The first-order valence-electron chi connectivity index (χ1n) is 8.61. The molecule has 3 rings (SSSR count). The van der Waals surface area contributed by atoms with Crippen molar-refractivity contribution >= 4 is 35.0 Å². The van der Waals surface area contributed by atoms with Crippen LogP contribution in [0.2, 0.25) is 0 Å². The van der Waals surface area contributed by atoms with Gasteiger partial charge in [0.15, 0.2) is 0 Å². The monoisotopic (exact) mass is 385 g/mol. The van der Waals surface area contributed by atoms with Gasteiger partial charge in [-0.25, -0.2) is 0 Å². The van der Waals surface area contributed by atoms with Gasteiger partial charge in [-0.15, -0.1) is 11.3 Å². The normalized spacial score (nSPS) is 12.8. The fourth-order valence-electron chi connectivity index (χ4n) is 2.80. The van der Waals surface area contributed by atoms with Gasteiger partial charge in [0.25, 0.3) is 17.7 Å². The average molecular weight is 385 g/mol. The number of carbonyl (C=O) groups is 4. The van der Waals surface area contributed by atoms with Crippen LogP contribution in [0.1, 0.15) is 43.2 Å². The van der Waals surface area contributed by atoms with Crippen molar-refractivity contribution in [2.45, 2.75) is 12.8 Å². The van der Waals surface area contributed by atoms with Gasteiger partial charge in [-0.05, 0) is 30.0 Å². The zero-order chi connectivity index (χ0) is 19.2. The summed E-state index contributed by atoms with van der Waals surface area (Å²) in [6.07, 6.45) is 0.588. The minimum atomic E-state index is -0.313. The molecule has 0 unspecified atom stereocenters. The van der Waals surface area contributed by atoms with E-state index in [1.807, 2.05) is 5.38 Å². The first-order chi connectivity index (χ1) is 13.1. The van der Waals surface area contributed by atoms with Crippen molar-refractivity contribution in [1.82, 2.24) is 15.5 Å². The van der Waals surface area contributed by atoms with Gasteiger partial charge in [0.1, 0.15) is 0 Å².